The highest BCUT2D eigenvalue weighted by molar-refractivity contribution is 7.09. The normalized spacial score (nSPS) is 10.7. The van der Waals surface area contributed by atoms with E-state index in [9.17, 15) is 0 Å². The molecule has 0 aliphatic carbocycles. The van der Waals surface area contributed by atoms with Crippen molar-refractivity contribution in [1.82, 2.24) is 10.3 Å². The van der Waals surface area contributed by atoms with Crippen LogP contribution in [0, 0.1) is 13.8 Å². The second-order valence-corrected chi connectivity index (χ2v) is 5.11. The summed E-state index contributed by atoms with van der Waals surface area (Å²) in [5.41, 5.74) is 12.2. The second kappa shape index (κ2) is 5.29. The van der Waals surface area contributed by atoms with Crippen LogP contribution in [-0.4, -0.2) is 4.98 Å². The molecule has 0 spiro atoms. The lowest BCUT2D eigenvalue weighted by atomic mass is 10.1. The van der Waals surface area contributed by atoms with Crippen LogP contribution in [0.5, 0.6) is 0 Å². The van der Waals surface area contributed by atoms with E-state index in [4.69, 9.17) is 5.73 Å². The fourth-order valence-electron chi connectivity index (χ4n) is 1.69. The summed E-state index contributed by atoms with van der Waals surface area (Å²) < 4.78 is 0. The van der Waals surface area contributed by atoms with Crippen LogP contribution < -0.4 is 11.1 Å². The molecular weight excluding hydrogens is 230 g/mol. The molecule has 0 aliphatic rings. The van der Waals surface area contributed by atoms with E-state index in [-0.39, 0.29) is 0 Å². The molecule has 4 heteroatoms. The Bertz CT molecular complexity index is 505. The molecule has 2 rings (SSSR count). The predicted octanol–water partition coefficient (Wildman–Crippen LogP) is 2.63. The SMILES string of the molecule is Cc1ccc(N)c(CNCc2scnc2C)c1. The Hall–Kier alpha value is -1.39. The topological polar surface area (TPSA) is 50.9 Å². The highest BCUT2D eigenvalue weighted by Gasteiger charge is 2.02. The molecule has 0 saturated heterocycles. The Kier molecular flexibility index (Phi) is 3.76. The Morgan fingerprint density at radius 3 is 2.82 bits per heavy atom. The summed E-state index contributed by atoms with van der Waals surface area (Å²) in [6.07, 6.45) is 0. The summed E-state index contributed by atoms with van der Waals surface area (Å²) in [5.74, 6) is 0. The van der Waals surface area contributed by atoms with Crippen molar-refractivity contribution < 1.29 is 0 Å². The van der Waals surface area contributed by atoms with Gasteiger partial charge in [-0.15, -0.1) is 11.3 Å². The van der Waals surface area contributed by atoms with E-state index in [0.29, 0.717) is 0 Å². The molecule has 2 aromatic rings. The molecule has 0 amide bonds. The molecule has 0 saturated carbocycles. The highest BCUT2D eigenvalue weighted by Crippen LogP contribution is 2.15. The fourth-order valence-corrected chi connectivity index (χ4v) is 2.44. The number of anilines is 1. The number of hydrogen-bond donors (Lipinski definition) is 2. The molecule has 1 aromatic heterocycles. The van der Waals surface area contributed by atoms with Gasteiger partial charge in [-0.1, -0.05) is 17.7 Å². The fraction of sp³-hybridized carbons (Fsp3) is 0.308. The standard InChI is InChI=1S/C13H17N3S/c1-9-3-4-12(14)11(5-9)6-15-7-13-10(2)16-8-17-13/h3-5,8,15H,6-7,14H2,1-2H3. The van der Waals surface area contributed by atoms with Crippen molar-refractivity contribution in [2.45, 2.75) is 26.9 Å². The van der Waals surface area contributed by atoms with Crippen molar-refractivity contribution in [2.24, 2.45) is 0 Å². The maximum atomic E-state index is 5.93. The van der Waals surface area contributed by atoms with Crippen LogP contribution in [0.25, 0.3) is 0 Å². The number of thiazole rings is 1. The van der Waals surface area contributed by atoms with Crippen LogP contribution in [0.2, 0.25) is 0 Å². The van der Waals surface area contributed by atoms with E-state index >= 15 is 0 Å². The highest BCUT2D eigenvalue weighted by atomic mass is 32.1. The van der Waals surface area contributed by atoms with E-state index in [2.05, 4.69) is 23.3 Å². The van der Waals surface area contributed by atoms with Gasteiger partial charge in [0.1, 0.15) is 0 Å². The quantitative estimate of drug-likeness (QED) is 0.817. The minimum absolute atomic E-state index is 0.796. The Balaban J connectivity index is 1.94. The maximum Gasteiger partial charge on any atom is 0.0798 e. The lowest BCUT2D eigenvalue weighted by molar-refractivity contribution is 0.698. The van der Waals surface area contributed by atoms with E-state index in [1.807, 2.05) is 24.6 Å². The number of benzene rings is 1. The molecule has 3 nitrogen and oxygen atoms in total. The number of aromatic nitrogens is 1. The molecule has 0 aliphatic heterocycles. The minimum Gasteiger partial charge on any atom is -0.398 e. The number of nitrogens with two attached hydrogens (primary N) is 1. The van der Waals surface area contributed by atoms with Gasteiger partial charge in [0.2, 0.25) is 0 Å². The first-order chi connectivity index (χ1) is 8.16. The van der Waals surface area contributed by atoms with E-state index in [1.54, 1.807) is 11.3 Å². The third kappa shape index (κ3) is 3.05. The molecular formula is C13H17N3S. The van der Waals surface area contributed by atoms with Gasteiger partial charge in [0.15, 0.2) is 0 Å². The van der Waals surface area contributed by atoms with E-state index < -0.39 is 0 Å². The minimum atomic E-state index is 0.796. The summed E-state index contributed by atoms with van der Waals surface area (Å²) >= 11 is 1.69. The van der Waals surface area contributed by atoms with Crippen LogP contribution in [-0.2, 0) is 13.1 Å². The Morgan fingerprint density at radius 1 is 1.29 bits per heavy atom. The van der Waals surface area contributed by atoms with Crippen molar-refractivity contribution >= 4 is 17.0 Å². The van der Waals surface area contributed by atoms with Gasteiger partial charge >= 0.3 is 0 Å². The van der Waals surface area contributed by atoms with Gasteiger partial charge in [-0.2, -0.15) is 0 Å². The van der Waals surface area contributed by atoms with Crippen LogP contribution in [0.1, 0.15) is 21.7 Å². The van der Waals surface area contributed by atoms with Gasteiger partial charge in [-0.05, 0) is 25.5 Å². The third-order valence-electron chi connectivity index (χ3n) is 2.74. The molecule has 17 heavy (non-hydrogen) atoms. The first-order valence-electron chi connectivity index (χ1n) is 5.61. The van der Waals surface area contributed by atoms with Gasteiger partial charge in [0, 0.05) is 23.7 Å². The zero-order chi connectivity index (χ0) is 12.3. The lowest BCUT2D eigenvalue weighted by Gasteiger charge is -2.08. The Labute approximate surface area is 106 Å². The average Bonchev–Trinajstić information content (AvgIpc) is 2.70. The summed E-state index contributed by atoms with van der Waals surface area (Å²) in [6, 6.07) is 6.12. The molecule has 3 N–H and O–H groups in total. The Morgan fingerprint density at radius 2 is 2.12 bits per heavy atom. The zero-order valence-corrected chi connectivity index (χ0v) is 11.0. The lowest BCUT2D eigenvalue weighted by Crippen LogP contribution is -2.13. The summed E-state index contributed by atoms with van der Waals surface area (Å²) in [7, 11) is 0. The summed E-state index contributed by atoms with van der Waals surface area (Å²) in [5, 5.41) is 3.40. The number of aryl methyl sites for hydroxylation is 2. The van der Waals surface area contributed by atoms with Gasteiger partial charge < -0.3 is 11.1 Å². The first kappa shape index (κ1) is 12.1. The van der Waals surface area contributed by atoms with Crippen molar-refractivity contribution in [1.29, 1.82) is 0 Å². The van der Waals surface area contributed by atoms with Gasteiger partial charge in [-0.3, -0.25) is 0 Å². The monoisotopic (exact) mass is 247 g/mol. The summed E-state index contributed by atoms with van der Waals surface area (Å²) in [6.45, 7) is 5.76. The second-order valence-electron chi connectivity index (χ2n) is 4.17. The van der Waals surface area contributed by atoms with Crippen molar-refractivity contribution in [3.05, 3.63) is 45.4 Å². The summed E-state index contributed by atoms with van der Waals surface area (Å²) in [4.78, 5) is 5.52. The van der Waals surface area contributed by atoms with Crippen LogP contribution in [0.4, 0.5) is 5.69 Å². The van der Waals surface area contributed by atoms with Crippen molar-refractivity contribution in [2.75, 3.05) is 5.73 Å². The molecule has 90 valence electrons. The number of nitrogens with zero attached hydrogens (tertiary/aromatic N) is 1. The first-order valence-corrected chi connectivity index (χ1v) is 6.49. The van der Waals surface area contributed by atoms with Gasteiger partial charge in [0.05, 0.1) is 11.2 Å². The third-order valence-corrected chi connectivity index (χ3v) is 3.68. The predicted molar refractivity (Wildman–Crippen MR) is 73.0 cm³/mol. The average molecular weight is 247 g/mol. The number of nitrogen functional groups attached to an aromatic ring is 1. The molecule has 0 unspecified atom stereocenters. The number of hydrogen-bond acceptors (Lipinski definition) is 4. The molecule has 1 aromatic carbocycles. The molecule has 1 heterocycles. The zero-order valence-electron chi connectivity index (χ0n) is 10.2. The number of nitrogens with one attached hydrogen (secondary N) is 1. The molecule has 0 fully saturated rings. The molecule has 0 radical (unpaired) electrons. The van der Waals surface area contributed by atoms with E-state index in [0.717, 1.165) is 30.0 Å². The maximum absolute atomic E-state index is 5.93. The smallest absolute Gasteiger partial charge is 0.0798 e. The van der Waals surface area contributed by atoms with E-state index in [1.165, 1.54) is 10.4 Å². The molecule has 0 bridgehead atoms. The van der Waals surface area contributed by atoms with Gasteiger partial charge in [0.25, 0.3) is 0 Å². The van der Waals surface area contributed by atoms with Crippen LogP contribution >= 0.6 is 11.3 Å². The van der Waals surface area contributed by atoms with Crippen molar-refractivity contribution in [3.8, 4) is 0 Å². The van der Waals surface area contributed by atoms with Crippen molar-refractivity contribution in [3.63, 3.8) is 0 Å². The van der Waals surface area contributed by atoms with Crippen LogP contribution in [0.15, 0.2) is 23.7 Å². The van der Waals surface area contributed by atoms with Crippen LogP contribution in [0.3, 0.4) is 0 Å². The van der Waals surface area contributed by atoms with Gasteiger partial charge in [-0.25, -0.2) is 4.98 Å². The largest absolute Gasteiger partial charge is 0.398 e. The molecule has 0 atom stereocenters. The number of rotatable bonds is 4.